The Morgan fingerprint density at radius 2 is 1.43 bits per heavy atom. The zero-order valence-electron chi connectivity index (χ0n) is 17.8. The van der Waals surface area contributed by atoms with Gasteiger partial charge in [-0.15, -0.1) is 0 Å². The predicted octanol–water partition coefficient (Wildman–Crippen LogP) is 3.94. The lowest BCUT2D eigenvalue weighted by atomic mass is 9.78. The van der Waals surface area contributed by atoms with Gasteiger partial charge in [-0.25, -0.2) is 0 Å². The summed E-state index contributed by atoms with van der Waals surface area (Å²) in [7, 11) is -0.536. The van der Waals surface area contributed by atoms with Gasteiger partial charge in [-0.05, 0) is 51.7 Å². The average Bonchev–Trinajstić information content (AvgIpc) is 3.01. The Morgan fingerprint density at radius 3 is 2.07 bits per heavy atom. The average molecular weight is 385 g/mol. The molecule has 1 aromatic rings. The van der Waals surface area contributed by atoms with Crippen molar-refractivity contribution in [3.05, 3.63) is 29.3 Å². The number of amides is 2. The largest absolute Gasteiger partial charge is 0.494 e. The van der Waals surface area contributed by atoms with Gasteiger partial charge < -0.3 is 9.31 Å². The van der Waals surface area contributed by atoms with Crippen molar-refractivity contribution < 1.29 is 18.9 Å². The van der Waals surface area contributed by atoms with Gasteiger partial charge in [-0.1, -0.05) is 45.1 Å². The van der Waals surface area contributed by atoms with E-state index in [9.17, 15) is 9.59 Å². The van der Waals surface area contributed by atoms with Crippen molar-refractivity contribution in [1.82, 2.24) is 4.90 Å². The van der Waals surface area contributed by atoms with Gasteiger partial charge >= 0.3 is 7.12 Å². The lowest BCUT2D eigenvalue weighted by molar-refractivity contribution is 0.00578. The number of nitrogens with zero attached hydrogens (tertiary/aromatic N) is 1. The monoisotopic (exact) mass is 385 g/mol. The molecule has 0 unspecified atom stereocenters. The van der Waals surface area contributed by atoms with Gasteiger partial charge in [0.15, 0.2) is 0 Å². The molecule has 0 saturated carbocycles. The Labute approximate surface area is 168 Å². The van der Waals surface area contributed by atoms with Crippen LogP contribution in [0.2, 0.25) is 0 Å². The Bertz CT molecular complexity index is 743. The third kappa shape index (κ3) is 3.90. The molecule has 0 atom stereocenters. The second-order valence-electron chi connectivity index (χ2n) is 8.92. The molecule has 0 N–H and O–H groups in total. The summed E-state index contributed by atoms with van der Waals surface area (Å²) in [6.45, 7) is 10.7. The van der Waals surface area contributed by atoms with Crippen molar-refractivity contribution in [3.8, 4) is 0 Å². The number of unbranched alkanes of at least 4 members (excludes halogenated alkanes) is 5. The highest BCUT2D eigenvalue weighted by molar-refractivity contribution is 6.62. The van der Waals surface area contributed by atoms with Gasteiger partial charge in [-0.2, -0.15) is 0 Å². The first-order valence-corrected chi connectivity index (χ1v) is 10.5. The molecule has 2 aliphatic heterocycles. The summed E-state index contributed by atoms with van der Waals surface area (Å²) in [5.41, 5.74) is 0.833. The highest BCUT2D eigenvalue weighted by Gasteiger charge is 2.52. The van der Waals surface area contributed by atoms with Gasteiger partial charge in [0, 0.05) is 6.54 Å². The van der Waals surface area contributed by atoms with Gasteiger partial charge in [0.05, 0.1) is 22.3 Å². The normalized spacial score (nSPS) is 20.2. The highest BCUT2D eigenvalue weighted by atomic mass is 16.7. The lowest BCUT2D eigenvalue weighted by Crippen LogP contribution is -2.41. The number of fused-ring (bicyclic) bond motifs is 1. The third-order valence-corrected chi connectivity index (χ3v) is 6.26. The molecule has 0 spiro atoms. The number of hydrogen-bond donors (Lipinski definition) is 0. The number of rotatable bonds is 8. The molecule has 2 amide bonds. The van der Waals surface area contributed by atoms with E-state index in [-0.39, 0.29) is 11.8 Å². The van der Waals surface area contributed by atoms with Crippen LogP contribution < -0.4 is 5.46 Å². The number of imide groups is 1. The third-order valence-electron chi connectivity index (χ3n) is 6.26. The van der Waals surface area contributed by atoms with Gasteiger partial charge in [-0.3, -0.25) is 14.5 Å². The molecule has 6 heteroatoms. The summed E-state index contributed by atoms with van der Waals surface area (Å²) in [5, 5.41) is 0. The van der Waals surface area contributed by atoms with Gasteiger partial charge in [0.1, 0.15) is 0 Å². The molecule has 3 rings (SSSR count). The van der Waals surface area contributed by atoms with Crippen LogP contribution in [0.25, 0.3) is 0 Å². The lowest BCUT2D eigenvalue weighted by Gasteiger charge is -2.32. The zero-order chi connectivity index (χ0) is 20.5. The quantitative estimate of drug-likeness (QED) is 0.386. The minimum atomic E-state index is -0.536. The molecule has 1 fully saturated rings. The first-order valence-electron chi connectivity index (χ1n) is 10.5. The molecule has 0 aromatic heterocycles. The topological polar surface area (TPSA) is 55.8 Å². The molecule has 152 valence electrons. The maximum absolute atomic E-state index is 12.8. The molecular formula is C22H32BNO4. The van der Waals surface area contributed by atoms with Crippen molar-refractivity contribution in [1.29, 1.82) is 0 Å². The number of hydrogen-bond acceptors (Lipinski definition) is 4. The van der Waals surface area contributed by atoms with Crippen LogP contribution in [0.15, 0.2) is 18.2 Å². The summed E-state index contributed by atoms with van der Waals surface area (Å²) in [5.74, 6) is -0.388. The Hall–Kier alpha value is -1.66. The standard InChI is InChI=1S/C22H32BNO4/c1-6-7-8-9-10-11-14-24-19(25)17-13-12-16(15-18(17)20(24)26)23-27-21(2,3)22(4,5)28-23/h12-13,15H,6-11,14H2,1-5H3. The summed E-state index contributed by atoms with van der Waals surface area (Å²) >= 11 is 0. The van der Waals surface area contributed by atoms with Crippen LogP contribution >= 0.6 is 0 Å². The Balaban J connectivity index is 1.67. The molecule has 28 heavy (non-hydrogen) atoms. The second-order valence-corrected chi connectivity index (χ2v) is 8.92. The molecule has 0 bridgehead atoms. The van der Waals surface area contributed by atoms with E-state index in [1.165, 1.54) is 24.2 Å². The molecule has 1 saturated heterocycles. The van der Waals surface area contributed by atoms with Crippen molar-refractivity contribution in [2.75, 3.05) is 6.54 Å². The highest BCUT2D eigenvalue weighted by Crippen LogP contribution is 2.36. The van der Waals surface area contributed by atoms with Crippen LogP contribution in [-0.4, -0.2) is 41.6 Å². The van der Waals surface area contributed by atoms with Crippen LogP contribution in [0.5, 0.6) is 0 Å². The van der Waals surface area contributed by atoms with E-state index in [4.69, 9.17) is 9.31 Å². The van der Waals surface area contributed by atoms with Crippen molar-refractivity contribution in [2.45, 2.75) is 84.3 Å². The fourth-order valence-electron chi connectivity index (χ4n) is 3.69. The van der Waals surface area contributed by atoms with E-state index < -0.39 is 18.3 Å². The molecule has 1 aromatic carbocycles. The van der Waals surface area contributed by atoms with E-state index in [0.717, 1.165) is 24.7 Å². The van der Waals surface area contributed by atoms with E-state index in [1.807, 2.05) is 33.8 Å². The SMILES string of the molecule is CCCCCCCCN1C(=O)c2ccc(B3OC(C)(C)C(C)(C)O3)cc2C1=O. The summed E-state index contributed by atoms with van der Waals surface area (Å²) in [4.78, 5) is 26.9. The van der Waals surface area contributed by atoms with E-state index in [1.54, 1.807) is 12.1 Å². The summed E-state index contributed by atoms with van der Waals surface area (Å²) in [6, 6.07) is 5.33. The summed E-state index contributed by atoms with van der Waals surface area (Å²) < 4.78 is 12.2. The molecule has 2 aliphatic rings. The van der Waals surface area contributed by atoms with Gasteiger partial charge in [0.25, 0.3) is 11.8 Å². The first kappa shape index (κ1) is 21.1. The maximum atomic E-state index is 12.8. The van der Waals surface area contributed by atoms with E-state index in [2.05, 4.69) is 6.92 Å². The molecular weight excluding hydrogens is 353 g/mol. The molecule has 5 nitrogen and oxygen atoms in total. The minimum absolute atomic E-state index is 0.186. The van der Waals surface area contributed by atoms with Crippen LogP contribution in [0.3, 0.4) is 0 Å². The number of carbonyl (C=O) groups excluding carboxylic acids is 2. The minimum Gasteiger partial charge on any atom is -0.399 e. The van der Waals surface area contributed by atoms with Gasteiger partial charge in [0.2, 0.25) is 0 Å². The van der Waals surface area contributed by atoms with Crippen molar-refractivity contribution in [3.63, 3.8) is 0 Å². The number of benzene rings is 1. The molecule has 0 radical (unpaired) electrons. The van der Waals surface area contributed by atoms with E-state index in [0.29, 0.717) is 17.7 Å². The second kappa shape index (κ2) is 8.00. The molecule has 2 heterocycles. The fourth-order valence-corrected chi connectivity index (χ4v) is 3.69. The van der Waals surface area contributed by atoms with Crippen LogP contribution in [0.4, 0.5) is 0 Å². The smallest absolute Gasteiger partial charge is 0.399 e. The Morgan fingerprint density at radius 1 is 0.857 bits per heavy atom. The number of carbonyl (C=O) groups is 2. The predicted molar refractivity (Wildman–Crippen MR) is 111 cm³/mol. The van der Waals surface area contributed by atoms with Crippen LogP contribution in [-0.2, 0) is 9.31 Å². The zero-order valence-corrected chi connectivity index (χ0v) is 17.8. The van der Waals surface area contributed by atoms with E-state index >= 15 is 0 Å². The summed E-state index contributed by atoms with van der Waals surface area (Å²) in [6.07, 6.45) is 6.74. The maximum Gasteiger partial charge on any atom is 0.494 e. The Kier molecular flexibility index (Phi) is 6.01. The van der Waals surface area contributed by atoms with Crippen LogP contribution in [0.1, 0.15) is 93.9 Å². The van der Waals surface area contributed by atoms with Crippen molar-refractivity contribution >= 4 is 24.4 Å². The first-order chi connectivity index (χ1) is 13.2. The fraction of sp³-hybridized carbons (Fsp3) is 0.636. The van der Waals surface area contributed by atoms with Crippen molar-refractivity contribution in [2.24, 2.45) is 0 Å². The molecule has 0 aliphatic carbocycles. The van der Waals surface area contributed by atoms with Crippen LogP contribution in [0, 0.1) is 0 Å².